The van der Waals surface area contributed by atoms with Gasteiger partial charge in [0, 0.05) is 36.4 Å². The van der Waals surface area contributed by atoms with Gasteiger partial charge in [0.2, 0.25) is 5.91 Å². The average Bonchev–Trinajstić information content (AvgIpc) is 3.62. The van der Waals surface area contributed by atoms with Crippen LogP contribution in [-0.4, -0.2) is 77.5 Å². The summed E-state index contributed by atoms with van der Waals surface area (Å²) >= 11 is 0. The van der Waals surface area contributed by atoms with Gasteiger partial charge >= 0.3 is 0 Å². The molecule has 1 unspecified atom stereocenters. The highest BCUT2D eigenvalue weighted by molar-refractivity contribution is 6.48. The number of nitrogens with zero attached hydrogens (tertiary/aromatic N) is 5. The van der Waals surface area contributed by atoms with Crippen molar-refractivity contribution in [1.82, 2.24) is 14.9 Å². The number of hydrazone groups is 1. The Kier molecular flexibility index (Phi) is 9.11. The molecule has 2 amide bonds. The molecule has 1 atom stereocenters. The summed E-state index contributed by atoms with van der Waals surface area (Å²) in [5.74, 6) is 4.87. The van der Waals surface area contributed by atoms with E-state index in [1.807, 2.05) is 0 Å². The third-order valence-electron chi connectivity index (χ3n) is 6.38. The van der Waals surface area contributed by atoms with Gasteiger partial charge in [-0.25, -0.2) is 0 Å². The van der Waals surface area contributed by atoms with Crippen molar-refractivity contribution in [3.05, 3.63) is 53.7 Å². The number of aromatic nitrogens is 2. The standard InChI is InChI=1S/C26H33N9O3/c1-17-23(10-21(14-29-17)32-24(36)15-35-7-2-3-8-35)33-26(37)25(34-28)22-5-4-18(12-31-22)19(11-27)13-30-20-6-9-38-16-20/h4-5,10-14,20H,2-3,6-9,15-16,27-28H2,1H3,(H,32,36)(H,33,37)/b19-11+,30-13?,34-25+. The lowest BCUT2D eigenvalue weighted by molar-refractivity contribution is -0.117. The highest BCUT2D eigenvalue weighted by atomic mass is 16.5. The van der Waals surface area contributed by atoms with Crippen LogP contribution >= 0.6 is 0 Å². The van der Waals surface area contributed by atoms with Crippen molar-refractivity contribution < 1.29 is 14.3 Å². The van der Waals surface area contributed by atoms with Crippen LogP contribution in [0.5, 0.6) is 0 Å². The van der Waals surface area contributed by atoms with E-state index in [1.165, 1.54) is 6.20 Å². The van der Waals surface area contributed by atoms with E-state index in [2.05, 4.69) is 35.6 Å². The van der Waals surface area contributed by atoms with E-state index in [4.69, 9.17) is 16.3 Å². The van der Waals surface area contributed by atoms with Crippen LogP contribution in [0.25, 0.3) is 5.57 Å². The van der Waals surface area contributed by atoms with E-state index in [0.717, 1.165) is 37.9 Å². The van der Waals surface area contributed by atoms with Gasteiger partial charge in [0.1, 0.15) is 0 Å². The SMILES string of the molecule is Cc1ncc(NC(=O)CN2CCCC2)cc1NC(=O)/C(=N/N)c1ccc(/C(C=NC2CCOC2)=C/N)cn1. The zero-order chi connectivity index (χ0) is 26.9. The average molecular weight is 520 g/mol. The number of hydrogen-bond donors (Lipinski definition) is 4. The summed E-state index contributed by atoms with van der Waals surface area (Å²) in [5.41, 5.74) is 8.91. The summed E-state index contributed by atoms with van der Waals surface area (Å²) in [6.45, 7) is 5.21. The van der Waals surface area contributed by atoms with Crippen LogP contribution in [0.1, 0.15) is 36.2 Å². The molecule has 0 aliphatic carbocycles. The Morgan fingerprint density at radius 1 is 1.21 bits per heavy atom. The van der Waals surface area contributed by atoms with Gasteiger partial charge in [-0.15, -0.1) is 0 Å². The number of nitrogens with two attached hydrogens (primary N) is 2. The monoisotopic (exact) mass is 519 g/mol. The Labute approximate surface area is 221 Å². The van der Waals surface area contributed by atoms with Crippen LogP contribution in [0, 0.1) is 6.92 Å². The topological polar surface area (TPSA) is 173 Å². The predicted molar refractivity (Wildman–Crippen MR) is 147 cm³/mol. The van der Waals surface area contributed by atoms with E-state index in [1.54, 1.807) is 43.7 Å². The molecule has 0 bridgehead atoms. The van der Waals surface area contributed by atoms with Crippen molar-refractivity contribution in [1.29, 1.82) is 0 Å². The molecule has 2 fully saturated rings. The van der Waals surface area contributed by atoms with Gasteiger partial charge in [0.25, 0.3) is 5.91 Å². The fourth-order valence-electron chi connectivity index (χ4n) is 4.24. The van der Waals surface area contributed by atoms with Crippen LogP contribution in [0.2, 0.25) is 0 Å². The number of likely N-dealkylation sites (tertiary alicyclic amines) is 1. The lowest BCUT2D eigenvalue weighted by atomic mass is 10.1. The van der Waals surface area contributed by atoms with E-state index in [-0.39, 0.29) is 23.4 Å². The molecule has 4 heterocycles. The molecule has 2 aliphatic heterocycles. The quantitative estimate of drug-likeness (QED) is 0.218. The van der Waals surface area contributed by atoms with E-state index in [9.17, 15) is 9.59 Å². The number of rotatable bonds is 9. The number of aliphatic imine (C=N–C) groups is 1. The number of hydrogen-bond acceptors (Lipinski definition) is 10. The lowest BCUT2D eigenvalue weighted by Crippen LogP contribution is -2.31. The summed E-state index contributed by atoms with van der Waals surface area (Å²) in [5, 5.41) is 9.27. The second-order valence-electron chi connectivity index (χ2n) is 9.17. The highest BCUT2D eigenvalue weighted by Gasteiger charge is 2.19. The molecule has 2 aromatic heterocycles. The van der Waals surface area contributed by atoms with Crippen molar-refractivity contribution in [3.63, 3.8) is 0 Å². The smallest absolute Gasteiger partial charge is 0.278 e. The molecule has 2 saturated heterocycles. The van der Waals surface area contributed by atoms with Crippen molar-refractivity contribution in [2.75, 3.05) is 43.5 Å². The molecule has 0 spiro atoms. The van der Waals surface area contributed by atoms with Crippen LogP contribution in [-0.2, 0) is 14.3 Å². The fourth-order valence-corrected chi connectivity index (χ4v) is 4.24. The van der Waals surface area contributed by atoms with E-state index in [0.29, 0.717) is 42.4 Å². The van der Waals surface area contributed by atoms with Crippen molar-refractivity contribution in [2.45, 2.75) is 32.2 Å². The van der Waals surface area contributed by atoms with Crippen LogP contribution in [0.15, 0.2) is 46.9 Å². The highest BCUT2D eigenvalue weighted by Crippen LogP contribution is 2.19. The molecule has 0 saturated carbocycles. The maximum atomic E-state index is 13.0. The number of carbonyl (C=O) groups excluding carboxylic acids is 2. The Morgan fingerprint density at radius 3 is 2.68 bits per heavy atom. The van der Waals surface area contributed by atoms with Crippen molar-refractivity contribution >= 4 is 40.7 Å². The summed E-state index contributed by atoms with van der Waals surface area (Å²) in [6.07, 6.45) is 9.37. The van der Waals surface area contributed by atoms with Crippen LogP contribution < -0.4 is 22.2 Å². The molecule has 2 aromatic rings. The molecule has 2 aliphatic rings. The first-order valence-corrected chi connectivity index (χ1v) is 12.5. The number of ether oxygens (including phenoxy) is 1. The Morgan fingerprint density at radius 2 is 2.03 bits per heavy atom. The second kappa shape index (κ2) is 12.9. The number of amides is 2. The van der Waals surface area contributed by atoms with Gasteiger partial charge in [-0.05, 0) is 51.4 Å². The molecule has 0 aromatic carbocycles. The van der Waals surface area contributed by atoms with Crippen LogP contribution in [0.3, 0.4) is 0 Å². The van der Waals surface area contributed by atoms with Gasteiger partial charge in [0.15, 0.2) is 5.71 Å². The normalized spacial score (nSPS) is 18.7. The molecule has 4 rings (SSSR count). The Balaban J connectivity index is 1.41. The largest absolute Gasteiger partial charge is 0.404 e. The maximum absolute atomic E-state index is 13.0. The summed E-state index contributed by atoms with van der Waals surface area (Å²) in [6, 6.07) is 5.17. The fraction of sp³-hybridized carbons (Fsp3) is 0.385. The van der Waals surface area contributed by atoms with Gasteiger partial charge in [-0.1, -0.05) is 6.07 Å². The molecular weight excluding hydrogens is 486 g/mol. The Hall–Kier alpha value is -4.16. The van der Waals surface area contributed by atoms with Crippen molar-refractivity contribution in [2.24, 2.45) is 21.7 Å². The van der Waals surface area contributed by atoms with Gasteiger partial charge in [-0.2, -0.15) is 5.10 Å². The molecular formula is C26H33N9O3. The molecule has 12 nitrogen and oxygen atoms in total. The minimum absolute atomic E-state index is 0.0607. The third-order valence-corrected chi connectivity index (χ3v) is 6.38. The first-order valence-electron chi connectivity index (χ1n) is 12.5. The predicted octanol–water partition coefficient (Wildman–Crippen LogP) is 1.28. The lowest BCUT2D eigenvalue weighted by Gasteiger charge is -2.15. The number of anilines is 2. The molecule has 6 N–H and O–H groups in total. The summed E-state index contributed by atoms with van der Waals surface area (Å²) in [4.78, 5) is 40.7. The van der Waals surface area contributed by atoms with E-state index >= 15 is 0 Å². The van der Waals surface area contributed by atoms with Gasteiger partial charge in [-0.3, -0.25) is 29.4 Å². The number of pyridine rings is 2. The first-order chi connectivity index (χ1) is 18.5. The number of allylic oxidation sites excluding steroid dienone is 1. The first kappa shape index (κ1) is 26.9. The molecule has 200 valence electrons. The zero-order valence-electron chi connectivity index (χ0n) is 21.4. The molecule has 38 heavy (non-hydrogen) atoms. The summed E-state index contributed by atoms with van der Waals surface area (Å²) in [7, 11) is 0. The number of nitrogens with one attached hydrogen (secondary N) is 2. The maximum Gasteiger partial charge on any atom is 0.278 e. The van der Waals surface area contributed by atoms with Crippen molar-refractivity contribution in [3.8, 4) is 0 Å². The number of aryl methyl sites for hydroxylation is 1. The second-order valence-corrected chi connectivity index (χ2v) is 9.17. The van der Waals surface area contributed by atoms with Crippen LogP contribution in [0.4, 0.5) is 11.4 Å². The zero-order valence-corrected chi connectivity index (χ0v) is 21.4. The van der Waals surface area contributed by atoms with Gasteiger partial charge < -0.3 is 26.9 Å². The molecule has 12 heteroatoms. The number of carbonyl (C=O) groups is 2. The summed E-state index contributed by atoms with van der Waals surface area (Å²) < 4.78 is 5.34. The molecule has 0 radical (unpaired) electrons. The van der Waals surface area contributed by atoms with Gasteiger partial charge in [0.05, 0.1) is 48.2 Å². The minimum Gasteiger partial charge on any atom is -0.404 e. The van der Waals surface area contributed by atoms with E-state index < -0.39 is 5.91 Å². The Bertz CT molecular complexity index is 1230. The third kappa shape index (κ3) is 6.99. The minimum atomic E-state index is -0.560.